The Hall–Kier alpha value is -2.68. The van der Waals surface area contributed by atoms with Crippen molar-refractivity contribution < 1.29 is 4.79 Å². The number of benzene rings is 2. The Morgan fingerprint density at radius 2 is 1.85 bits per heavy atom. The molecule has 1 aliphatic carbocycles. The molecular formula is C23H24N2O. The molecule has 0 aliphatic heterocycles. The molecule has 0 unspecified atom stereocenters. The first-order valence-electron chi connectivity index (χ1n) is 9.48. The monoisotopic (exact) mass is 344 g/mol. The second-order valence-electron chi connectivity index (χ2n) is 7.26. The summed E-state index contributed by atoms with van der Waals surface area (Å²) in [5, 5.41) is 4.13. The third-order valence-corrected chi connectivity index (χ3v) is 5.38. The van der Waals surface area contributed by atoms with Gasteiger partial charge in [0, 0.05) is 17.1 Å². The zero-order valence-corrected chi connectivity index (χ0v) is 15.2. The Bertz CT molecular complexity index is 937. The summed E-state index contributed by atoms with van der Waals surface area (Å²) < 4.78 is 0. The van der Waals surface area contributed by atoms with Gasteiger partial charge in [-0.05, 0) is 49.4 Å². The zero-order chi connectivity index (χ0) is 17.9. The van der Waals surface area contributed by atoms with Crippen LogP contribution in [0.25, 0.3) is 10.9 Å². The van der Waals surface area contributed by atoms with Crippen molar-refractivity contribution in [2.45, 2.75) is 44.9 Å². The predicted molar refractivity (Wildman–Crippen MR) is 107 cm³/mol. The molecule has 4 rings (SSSR count). The van der Waals surface area contributed by atoms with Crippen molar-refractivity contribution >= 4 is 22.5 Å². The van der Waals surface area contributed by atoms with Crippen LogP contribution in [-0.4, -0.2) is 10.9 Å². The maximum Gasteiger partial charge on any atom is 0.256 e. The summed E-state index contributed by atoms with van der Waals surface area (Å²) >= 11 is 0. The summed E-state index contributed by atoms with van der Waals surface area (Å²) in [5.74, 6) is 0.457. The maximum atomic E-state index is 13.1. The number of para-hydroxylation sites is 1. The summed E-state index contributed by atoms with van der Waals surface area (Å²) in [6, 6.07) is 16.0. The van der Waals surface area contributed by atoms with E-state index in [0.29, 0.717) is 5.92 Å². The average Bonchev–Trinajstić information content (AvgIpc) is 2.69. The minimum Gasteiger partial charge on any atom is -0.320 e. The summed E-state index contributed by atoms with van der Waals surface area (Å²) in [7, 11) is 0. The van der Waals surface area contributed by atoms with E-state index in [9.17, 15) is 4.79 Å². The fourth-order valence-electron chi connectivity index (χ4n) is 4.04. The van der Waals surface area contributed by atoms with E-state index in [1.54, 1.807) is 6.20 Å². The number of rotatable bonds is 3. The molecule has 0 atom stereocenters. The van der Waals surface area contributed by atoms with E-state index in [1.165, 1.54) is 43.2 Å². The molecule has 3 heteroatoms. The quantitative estimate of drug-likeness (QED) is 0.648. The molecule has 0 radical (unpaired) electrons. The number of hydrogen-bond acceptors (Lipinski definition) is 2. The molecule has 3 nitrogen and oxygen atoms in total. The van der Waals surface area contributed by atoms with Crippen LogP contribution in [0, 0.1) is 6.92 Å². The highest BCUT2D eigenvalue weighted by molar-refractivity contribution is 6.09. The molecule has 1 heterocycles. The number of aryl methyl sites for hydroxylation is 1. The van der Waals surface area contributed by atoms with Gasteiger partial charge in [0.15, 0.2) is 0 Å². The van der Waals surface area contributed by atoms with Crippen molar-refractivity contribution in [1.82, 2.24) is 4.98 Å². The van der Waals surface area contributed by atoms with Crippen LogP contribution in [-0.2, 0) is 0 Å². The minimum absolute atomic E-state index is 0.0382. The maximum absolute atomic E-state index is 13.1. The van der Waals surface area contributed by atoms with Gasteiger partial charge in [-0.3, -0.25) is 9.78 Å². The van der Waals surface area contributed by atoms with Crippen LogP contribution in [0.4, 0.5) is 5.69 Å². The molecule has 3 aromatic rings. The zero-order valence-electron chi connectivity index (χ0n) is 15.2. The normalized spacial score (nSPS) is 15.1. The largest absolute Gasteiger partial charge is 0.320 e. The van der Waals surface area contributed by atoms with E-state index in [0.717, 1.165) is 22.2 Å². The van der Waals surface area contributed by atoms with Crippen molar-refractivity contribution in [2.75, 3.05) is 5.32 Å². The highest BCUT2D eigenvalue weighted by atomic mass is 16.1. The van der Waals surface area contributed by atoms with Gasteiger partial charge in [0.2, 0.25) is 0 Å². The predicted octanol–water partition coefficient (Wildman–Crippen LogP) is 5.84. The average molecular weight is 344 g/mol. The first-order chi connectivity index (χ1) is 12.7. The van der Waals surface area contributed by atoms with Crippen molar-refractivity contribution in [2.24, 2.45) is 0 Å². The van der Waals surface area contributed by atoms with Gasteiger partial charge in [-0.1, -0.05) is 55.2 Å². The smallest absolute Gasteiger partial charge is 0.256 e. The number of carbonyl (C=O) groups is 1. The van der Waals surface area contributed by atoms with Gasteiger partial charge in [-0.2, -0.15) is 0 Å². The van der Waals surface area contributed by atoms with Crippen LogP contribution in [0.3, 0.4) is 0 Å². The third-order valence-electron chi connectivity index (χ3n) is 5.38. The van der Waals surface area contributed by atoms with Crippen molar-refractivity contribution in [3.8, 4) is 0 Å². The van der Waals surface area contributed by atoms with E-state index in [4.69, 9.17) is 0 Å². The van der Waals surface area contributed by atoms with E-state index >= 15 is 0 Å². The first-order valence-corrected chi connectivity index (χ1v) is 9.48. The molecular weight excluding hydrogens is 320 g/mol. The number of anilines is 1. The van der Waals surface area contributed by atoms with Gasteiger partial charge in [0.05, 0.1) is 11.2 Å². The van der Waals surface area contributed by atoms with Crippen molar-refractivity contribution in [1.29, 1.82) is 0 Å². The molecule has 0 spiro atoms. The number of fused-ring (bicyclic) bond motifs is 1. The van der Waals surface area contributed by atoms with Crippen LogP contribution in [0.5, 0.6) is 0 Å². The van der Waals surface area contributed by atoms with Crippen LogP contribution in [0.15, 0.2) is 54.7 Å². The Balaban J connectivity index is 1.68. The van der Waals surface area contributed by atoms with E-state index in [1.807, 2.05) is 42.5 Å². The highest BCUT2D eigenvalue weighted by Gasteiger charge is 2.22. The summed E-state index contributed by atoms with van der Waals surface area (Å²) in [5.41, 5.74) is 4.82. The van der Waals surface area contributed by atoms with Crippen LogP contribution in [0.2, 0.25) is 0 Å². The van der Waals surface area contributed by atoms with Gasteiger partial charge in [-0.15, -0.1) is 0 Å². The lowest BCUT2D eigenvalue weighted by Crippen LogP contribution is -2.17. The van der Waals surface area contributed by atoms with Gasteiger partial charge in [0.25, 0.3) is 5.91 Å². The van der Waals surface area contributed by atoms with Gasteiger partial charge in [0.1, 0.15) is 0 Å². The van der Waals surface area contributed by atoms with E-state index in [2.05, 4.69) is 23.3 Å². The molecule has 26 heavy (non-hydrogen) atoms. The molecule has 1 saturated carbocycles. The second-order valence-corrected chi connectivity index (χ2v) is 7.26. The lowest BCUT2D eigenvalue weighted by atomic mass is 9.81. The molecule has 1 fully saturated rings. The molecule has 0 bridgehead atoms. The van der Waals surface area contributed by atoms with Crippen LogP contribution < -0.4 is 5.32 Å². The number of nitrogens with one attached hydrogen (secondary N) is 1. The molecule has 0 saturated heterocycles. The van der Waals surface area contributed by atoms with Crippen LogP contribution >= 0.6 is 0 Å². The topological polar surface area (TPSA) is 42.0 Å². The number of hydrogen-bond donors (Lipinski definition) is 1. The first kappa shape index (κ1) is 16.8. The number of carbonyl (C=O) groups excluding carboxylic acids is 1. The summed E-state index contributed by atoms with van der Waals surface area (Å²) in [6.45, 7) is 2.10. The van der Waals surface area contributed by atoms with E-state index in [-0.39, 0.29) is 5.91 Å². The molecule has 1 aromatic heterocycles. The van der Waals surface area contributed by atoms with Gasteiger partial charge < -0.3 is 5.32 Å². The highest BCUT2D eigenvalue weighted by Crippen LogP contribution is 2.35. The second kappa shape index (κ2) is 7.28. The Kier molecular flexibility index (Phi) is 4.70. The fourth-order valence-corrected chi connectivity index (χ4v) is 4.04. The standard InChI is InChI=1S/C23H24N2O/c1-16-12-13-19(20(15-16)17-7-3-2-4-8-17)23(26)25-21-11-5-9-18-10-6-14-24-22(18)21/h5-6,9-15,17H,2-4,7-8H2,1H3,(H,25,26). The Morgan fingerprint density at radius 3 is 2.69 bits per heavy atom. The molecule has 1 aliphatic rings. The van der Waals surface area contributed by atoms with E-state index < -0.39 is 0 Å². The Labute approximate surface area is 154 Å². The molecule has 132 valence electrons. The third kappa shape index (κ3) is 3.34. The SMILES string of the molecule is Cc1ccc(C(=O)Nc2cccc3cccnc23)c(C2CCCCC2)c1. The fraction of sp³-hybridized carbons (Fsp3) is 0.304. The minimum atomic E-state index is -0.0382. The van der Waals surface area contributed by atoms with Gasteiger partial charge >= 0.3 is 0 Å². The summed E-state index contributed by atoms with van der Waals surface area (Å²) in [6.07, 6.45) is 7.95. The number of aromatic nitrogens is 1. The molecule has 1 N–H and O–H groups in total. The van der Waals surface area contributed by atoms with Crippen molar-refractivity contribution in [3.63, 3.8) is 0 Å². The molecule has 1 amide bonds. The number of nitrogens with zero attached hydrogens (tertiary/aromatic N) is 1. The molecule has 2 aromatic carbocycles. The Morgan fingerprint density at radius 1 is 1.04 bits per heavy atom. The van der Waals surface area contributed by atoms with Crippen LogP contribution in [0.1, 0.15) is 59.5 Å². The summed E-state index contributed by atoms with van der Waals surface area (Å²) in [4.78, 5) is 17.5. The number of pyridine rings is 1. The van der Waals surface area contributed by atoms with Crippen molar-refractivity contribution in [3.05, 3.63) is 71.4 Å². The van der Waals surface area contributed by atoms with Gasteiger partial charge in [-0.25, -0.2) is 0 Å². The lowest BCUT2D eigenvalue weighted by molar-refractivity contribution is 0.102. The number of amides is 1. The lowest BCUT2D eigenvalue weighted by Gasteiger charge is -2.24.